The minimum absolute atomic E-state index is 0.114. The summed E-state index contributed by atoms with van der Waals surface area (Å²) < 4.78 is 16.7. The van der Waals surface area contributed by atoms with Crippen molar-refractivity contribution in [1.82, 2.24) is 0 Å². The van der Waals surface area contributed by atoms with Crippen molar-refractivity contribution in [2.45, 2.75) is 232 Å². The second kappa shape index (κ2) is 54.4. The van der Waals surface area contributed by atoms with Crippen LogP contribution in [0.25, 0.3) is 0 Å². The molecule has 0 rings (SSSR count). The first-order valence-electron chi connectivity index (χ1n) is 27.0. The third-order valence-corrected chi connectivity index (χ3v) is 11.0. The van der Waals surface area contributed by atoms with Crippen LogP contribution in [0.3, 0.4) is 0 Å². The standard InChI is InChI=1S/C61H98O6/c1-4-7-10-13-16-19-22-25-28-30-33-36-39-42-45-48-51-54-60(63)66-57-58(56-65-59(62)53-50-47-44-41-38-35-32-27-24-21-18-15-12-9-6-3)67-61(64)55-52-49-46-43-40-37-34-31-29-26-23-20-17-14-11-8-5-2/h7,9-10,12,16,18-19,21,25,27-28,32-33,36,38,41-42,45,47,50,58H,4-6,8,11,13-15,17,20,22-24,26,29-31,34-35,37,39-40,43-44,46,48-49,51-57H2,1-3H3/b10-7-,12-9-,19-16-,21-18-,28-25-,32-27-,36-33-,41-38-,45-42-,50-47-. The van der Waals surface area contributed by atoms with Gasteiger partial charge in [0.2, 0.25) is 0 Å². The van der Waals surface area contributed by atoms with Crippen LogP contribution >= 0.6 is 0 Å². The van der Waals surface area contributed by atoms with Crippen molar-refractivity contribution in [3.63, 3.8) is 0 Å². The third-order valence-electron chi connectivity index (χ3n) is 11.0. The molecule has 0 aliphatic rings. The van der Waals surface area contributed by atoms with E-state index in [1.54, 1.807) is 6.08 Å². The zero-order valence-corrected chi connectivity index (χ0v) is 43.1. The van der Waals surface area contributed by atoms with Gasteiger partial charge >= 0.3 is 17.9 Å². The lowest BCUT2D eigenvalue weighted by Crippen LogP contribution is -2.30. The van der Waals surface area contributed by atoms with E-state index in [-0.39, 0.29) is 38.0 Å². The maximum atomic E-state index is 12.8. The van der Waals surface area contributed by atoms with Crippen LogP contribution < -0.4 is 0 Å². The van der Waals surface area contributed by atoms with Gasteiger partial charge in [-0.2, -0.15) is 0 Å². The number of esters is 3. The highest BCUT2D eigenvalue weighted by Gasteiger charge is 2.19. The van der Waals surface area contributed by atoms with Crippen LogP contribution in [0.4, 0.5) is 0 Å². The van der Waals surface area contributed by atoms with Gasteiger partial charge < -0.3 is 14.2 Å². The molecular weight excluding hydrogens is 829 g/mol. The largest absolute Gasteiger partial charge is 0.462 e. The Labute approximate surface area is 412 Å². The van der Waals surface area contributed by atoms with Gasteiger partial charge in [0.15, 0.2) is 6.10 Å². The molecular formula is C61H98O6. The van der Waals surface area contributed by atoms with Gasteiger partial charge in [0.25, 0.3) is 0 Å². The van der Waals surface area contributed by atoms with Crippen LogP contribution in [0.5, 0.6) is 0 Å². The Kier molecular flexibility index (Phi) is 51.0. The second-order valence-corrected chi connectivity index (χ2v) is 17.4. The molecule has 67 heavy (non-hydrogen) atoms. The van der Waals surface area contributed by atoms with Crippen LogP contribution in [0.15, 0.2) is 122 Å². The molecule has 6 heteroatoms. The third kappa shape index (κ3) is 52.6. The van der Waals surface area contributed by atoms with Crippen LogP contribution in [0.2, 0.25) is 0 Å². The SMILES string of the molecule is CC/C=C\C/C=C\C/C=C\C/C=C\C/C=C\CCCC(=O)OCC(COC(=O)C/C=C\C/C=C\C/C=C\C/C=C\C/C=C\CC)OC(=O)CCCCCCCCCCCCCCCCCCC. The fraction of sp³-hybridized carbons (Fsp3) is 0.623. The van der Waals surface area contributed by atoms with Crippen molar-refractivity contribution in [3.05, 3.63) is 122 Å². The van der Waals surface area contributed by atoms with E-state index >= 15 is 0 Å². The van der Waals surface area contributed by atoms with Crippen molar-refractivity contribution in [3.8, 4) is 0 Å². The van der Waals surface area contributed by atoms with Crippen LogP contribution in [0.1, 0.15) is 226 Å². The van der Waals surface area contributed by atoms with Crippen LogP contribution in [-0.4, -0.2) is 37.2 Å². The molecule has 0 radical (unpaired) electrons. The predicted octanol–water partition coefficient (Wildman–Crippen LogP) is 18.1. The molecule has 0 aromatic heterocycles. The summed E-state index contributed by atoms with van der Waals surface area (Å²) in [7, 11) is 0. The molecule has 0 spiro atoms. The highest BCUT2D eigenvalue weighted by Crippen LogP contribution is 2.15. The Balaban J connectivity index is 4.58. The molecule has 0 amide bonds. The monoisotopic (exact) mass is 927 g/mol. The lowest BCUT2D eigenvalue weighted by atomic mass is 10.0. The molecule has 6 nitrogen and oxygen atoms in total. The highest BCUT2D eigenvalue weighted by atomic mass is 16.6. The van der Waals surface area contributed by atoms with Gasteiger partial charge in [-0.15, -0.1) is 0 Å². The molecule has 1 atom stereocenters. The fourth-order valence-corrected chi connectivity index (χ4v) is 7.02. The highest BCUT2D eigenvalue weighted by molar-refractivity contribution is 5.72. The fourth-order valence-electron chi connectivity index (χ4n) is 7.02. The lowest BCUT2D eigenvalue weighted by molar-refractivity contribution is -0.166. The molecule has 0 aliphatic heterocycles. The van der Waals surface area contributed by atoms with Gasteiger partial charge in [0.05, 0.1) is 6.42 Å². The van der Waals surface area contributed by atoms with Gasteiger partial charge in [-0.05, 0) is 83.5 Å². The van der Waals surface area contributed by atoms with Gasteiger partial charge in [0, 0.05) is 12.8 Å². The first-order chi connectivity index (χ1) is 33.0. The normalized spacial score (nSPS) is 13.1. The van der Waals surface area contributed by atoms with Crippen LogP contribution in [-0.2, 0) is 28.6 Å². The smallest absolute Gasteiger partial charge is 0.309 e. The van der Waals surface area contributed by atoms with E-state index in [2.05, 4.69) is 130 Å². The van der Waals surface area contributed by atoms with Gasteiger partial charge in [-0.3, -0.25) is 14.4 Å². The molecule has 0 bridgehead atoms. The van der Waals surface area contributed by atoms with Gasteiger partial charge in [-0.25, -0.2) is 0 Å². The number of carbonyl (C=O) groups excluding carboxylic acids is 3. The lowest BCUT2D eigenvalue weighted by Gasteiger charge is -2.18. The molecule has 0 heterocycles. The average Bonchev–Trinajstić information content (AvgIpc) is 3.33. The molecule has 0 aromatic rings. The summed E-state index contributed by atoms with van der Waals surface area (Å²) in [5.74, 6) is -1.13. The summed E-state index contributed by atoms with van der Waals surface area (Å²) in [5, 5.41) is 0. The summed E-state index contributed by atoms with van der Waals surface area (Å²) in [4.78, 5) is 38.0. The summed E-state index contributed by atoms with van der Waals surface area (Å²) in [6.07, 6.45) is 75.0. The van der Waals surface area contributed by atoms with Crippen LogP contribution in [0, 0.1) is 0 Å². The van der Waals surface area contributed by atoms with Gasteiger partial charge in [-0.1, -0.05) is 245 Å². The van der Waals surface area contributed by atoms with E-state index in [1.807, 2.05) is 6.08 Å². The average molecular weight is 927 g/mol. The minimum Gasteiger partial charge on any atom is -0.462 e. The Morgan fingerprint density at radius 3 is 1.03 bits per heavy atom. The maximum absolute atomic E-state index is 12.8. The predicted molar refractivity (Wildman–Crippen MR) is 288 cm³/mol. The molecule has 0 aliphatic carbocycles. The summed E-state index contributed by atoms with van der Waals surface area (Å²) in [5.41, 5.74) is 0. The number of allylic oxidation sites excluding steroid dienone is 19. The minimum atomic E-state index is -0.842. The summed E-state index contributed by atoms with van der Waals surface area (Å²) >= 11 is 0. The first-order valence-corrected chi connectivity index (χ1v) is 27.0. The van der Waals surface area contributed by atoms with E-state index in [1.165, 1.54) is 89.9 Å². The zero-order valence-electron chi connectivity index (χ0n) is 43.1. The number of carbonyl (C=O) groups is 3. The Morgan fingerprint density at radius 1 is 0.328 bits per heavy atom. The quantitative estimate of drug-likeness (QED) is 0.0262. The number of unbranched alkanes of at least 4 members (excludes halogenated alkanes) is 17. The van der Waals surface area contributed by atoms with Gasteiger partial charge in [0.1, 0.15) is 13.2 Å². The van der Waals surface area contributed by atoms with Crippen molar-refractivity contribution in [2.24, 2.45) is 0 Å². The summed E-state index contributed by atoms with van der Waals surface area (Å²) in [6, 6.07) is 0. The molecule has 378 valence electrons. The second-order valence-electron chi connectivity index (χ2n) is 17.4. The van der Waals surface area contributed by atoms with E-state index < -0.39 is 12.1 Å². The Morgan fingerprint density at radius 2 is 0.642 bits per heavy atom. The summed E-state index contributed by atoms with van der Waals surface area (Å²) in [6.45, 7) is 6.27. The van der Waals surface area contributed by atoms with E-state index in [0.29, 0.717) is 12.8 Å². The molecule has 0 fully saturated rings. The molecule has 0 aromatic carbocycles. The van der Waals surface area contributed by atoms with E-state index in [0.717, 1.165) is 89.9 Å². The molecule has 1 unspecified atom stereocenters. The van der Waals surface area contributed by atoms with E-state index in [9.17, 15) is 14.4 Å². The van der Waals surface area contributed by atoms with Crippen molar-refractivity contribution in [1.29, 1.82) is 0 Å². The molecule has 0 saturated heterocycles. The zero-order chi connectivity index (χ0) is 48.6. The topological polar surface area (TPSA) is 78.9 Å². The number of ether oxygens (including phenoxy) is 3. The molecule has 0 N–H and O–H groups in total. The number of rotatable bonds is 47. The maximum Gasteiger partial charge on any atom is 0.309 e. The molecule has 0 saturated carbocycles. The van der Waals surface area contributed by atoms with Crippen molar-refractivity contribution < 1.29 is 28.6 Å². The number of hydrogen-bond acceptors (Lipinski definition) is 6. The Bertz CT molecular complexity index is 1440. The number of hydrogen-bond donors (Lipinski definition) is 0. The van der Waals surface area contributed by atoms with E-state index in [4.69, 9.17) is 14.2 Å². The first kappa shape index (κ1) is 62.8. The Hall–Kier alpha value is -4.19. The van der Waals surface area contributed by atoms with Crippen molar-refractivity contribution in [2.75, 3.05) is 13.2 Å². The van der Waals surface area contributed by atoms with Crippen molar-refractivity contribution >= 4 is 17.9 Å².